The van der Waals surface area contributed by atoms with Gasteiger partial charge in [-0.2, -0.15) is 0 Å². The van der Waals surface area contributed by atoms with Gasteiger partial charge in [0.25, 0.3) is 0 Å². The van der Waals surface area contributed by atoms with Gasteiger partial charge in [0.15, 0.2) is 0 Å². The molecule has 9 heteroatoms. The van der Waals surface area contributed by atoms with Gasteiger partial charge in [0, 0.05) is 68.6 Å². The van der Waals surface area contributed by atoms with Crippen molar-refractivity contribution in [3.63, 3.8) is 0 Å². The van der Waals surface area contributed by atoms with Gasteiger partial charge < -0.3 is 25.0 Å². The van der Waals surface area contributed by atoms with Crippen LogP contribution >= 0.6 is 23.5 Å². The Hall–Kier alpha value is -3.24. The first kappa shape index (κ1) is 26.0. The molecular weight excluding hydrogens is 528 g/mol. The Morgan fingerprint density at radius 3 is 2.85 bits per heavy atom. The van der Waals surface area contributed by atoms with Crippen LogP contribution in [0.3, 0.4) is 0 Å². The third kappa shape index (κ3) is 5.72. The van der Waals surface area contributed by atoms with E-state index in [9.17, 15) is 9.90 Å². The highest BCUT2D eigenvalue weighted by Gasteiger charge is 2.28. The van der Waals surface area contributed by atoms with Gasteiger partial charge in [-0.15, -0.1) is 0 Å². The second kappa shape index (κ2) is 11.5. The Morgan fingerprint density at radius 1 is 1.10 bits per heavy atom. The van der Waals surface area contributed by atoms with Crippen molar-refractivity contribution in [2.45, 2.75) is 45.1 Å². The van der Waals surface area contributed by atoms with Gasteiger partial charge in [-0.1, -0.05) is 41.7 Å². The van der Waals surface area contributed by atoms with Crippen LogP contribution in [-0.4, -0.2) is 41.4 Å². The topological polar surface area (TPSA) is 90.5 Å². The zero-order chi connectivity index (χ0) is 26.8. The molecule has 0 amide bonds. The smallest absolute Gasteiger partial charge is 0.249 e. The lowest BCUT2D eigenvalue weighted by molar-refractivity contribution is 0.0379. The van der Waals surface area contributed by atoms with Crippen LogP contribution in [-0.2, 0) is 4.74 Å². The van der Waals surface area contributed by atoms with E-state index in [0.717, 1.165) is 29.3 Å². The van der Waals surface area contributed by atoms with Gasteiger partial charge in [0.2, 0.25) is 5.56 Å². The number of pyridine rings is 2. The van der Waals surface area contributed by atoms with Crippen LogP contribution in [0.1, 0.15) is 35.5 Å². The predicted molar refractivity (Wildman–Crippen MR) is 156 cm³/mol. The number of hydrogen-bond acceptors (Lipinski definition) is 8. The number of hydrogen-bond donors (Lipinski definition) is 3. The highest BCUT2D eigenvalue weighted by molar-refractivity contribution is 8.05. The number of aromatic amines is 1. The molecule has 0 bridgehead atoms. The fourth-order valence-corrected chi connectivity index (χ4v) is 7.50. The third-order valence-electron chi connectivity index (χ3n) is 6.95. The fourth-order valence-electron chi connectivity index (χ4n) is 5.05. The van der Waals surface area contributed by atoms with Crippen molar-refractivity contribution in [2.24, 2.45) is 0 Å². The largest absolute Gasteiger partial charge is 0.396 e. The van der Waals surface area contributed by atoms with Gasteiger partial charge in [0.05, 0.1) is 18.3 Å². The molecule has 7 nitrogen and oxygen atoms in total. The number of benzene rings is 2. The van der Waals surface area contributed by atoms with Crippen LogP contribution in [0.5, 0.6) is 0 Å². The maximum absolute atomic E-state index is 11.9. The number of morpholine rings is 1. The summed E-state index contributed by atoms with van der Waals surface area (Å²) in [4.78, 5) is 26.3. The van der Waals surface area contributed by atoms with Crippen molar-refractivity contribution in [3.05, 3.63) is 100 Å². The molecule has 39 heavy (non-hydrogen) atoms. The lowest BCUT2D eigenvalue weighted by atomic mass is 10.1. The summed E-state index contributed by atoms with van der Waals surface area (Å²) in [6.07, 6.45) is 2.20. The Balaban J connectivity index is 1.22. The van der Waals surface area contributed by atoms with Gasteiger partial charge in [0.1, 0.15) is 6.10 Å². The molecule has 2 aliphatic heterocycles. The lowest BCUT2D eigenvalue weighted by Crippen LogP contribution is -2.39. The summed E-state index contributed by atoms with van der Waals surface area (Å²) in [6.45, 7) is 4.12. The highest BCUT2D eigenvalue weighted by atomic mass is 32.2. The van der Waals surface area contributed by atoms with Crippen molar-refractivity contribution in [1.82, 2.24) is 9.97 Å². The van der Waals surface area contributed by atoms with Gasteiger partial charge in [-0.05, 0) is 61.4 Å². The molecule has 2 atom stereocenters. The van der Waals surface area contributed by atoms with E-state index in [0.29, 0.717) is 19.6 Å². The SMILES string of the molecule is Cc1cccc(C(CCO)Nc2ccc3c(c2)Sc2cccc(C4CN(c5cc[nH]c(=O)c5)CCO4)c2S3)n1. The number of ether oxygens (including phenoxy) is 1. The molecule has 0 radical (unpaired) electrons. The number of H-pyrrole nitrogens is 1. The minimum atomic E-state index is -0.0946. The lowest BCUT2D eigenvalue weighted by Gasteiger charge is -2.36. The second-order valence-electron chi connectivity index (χ2n) is 9.67. The van der Waals surface area contributed by atoms with E-state index in [4.69, 9.17) is 4.74 Å². The number of aliphatic hydroxyl groups excluding tert-OH is 1. The number of anilines is 2. The number of aliphatic hydroxyl groups is 1. The molecule has 2 unspecified atom stereocenters. The maximum atomic E-state index is 11.9. The monoisotopic (exact) mass is 558 g/mol. The minimum absolute atomic E-state index is 0.0697. The Morgan fingerprint density at radius 2 is 2.00 bits per heavy atom. The van der Waals surface area contributed by atoms with Gasteiger partial charge >= 0.3 is 0 Å². The minimum Gasteiger partial charge on any atom is -0.396 e. The predicted octanol–water partition coefficient (Wildman–Crippen LogP) is 5.81. The van der Waals surface area contributed by atoms with Crippen LogP contribution in [0, 0.1) is 6.92 Å². The zero-order valence-electron chi connectivity index (χ0n) is 21.6. The van der Waals surface area contributed by atoms with Crippen molar-refractivity contribution >= 4 is 34.9 Å². The van der Waals surface area contributed by atoms with E-state index in [2.05, 4.69) is 56.6 Å². The van der Waals surface area contributed by atoms with Crippen molar-refractivity contribution in [3.8, 4) is 0 Å². The maximum Gasteiger partial charge on any atom is 0.249 e. The van der Waals surface area contributed by atoms with Crippen LogP contribution in [0.4, 0.5) is 11.4 Å². The van der Waals surface area contributed by atoms with E-state index >= 15 is 0 Å². The zero-order valence-corrected chi connectivity index (χ0v) is 23.2. The van der Waals surface area contributed by atoms with E-state index in [-0.39, 0.29) is 24.3 Å². The molecule has 4 heterocycles. The standard InChI is InChI=1S/C30H30N4O3S2/c1-19-4-2-6-23(32-19)24(11-14-35)33-20-8-9-26-28(16-20)38-27-7-3-5-22(30(27)39-26)25-18-34(13-15-37-25)21-10-12-31-29(36)17-21/h2-10,12,16-17,24-25,33,35H,11,13-15,18H2,1H3,(H,31,36). The molecule has 3 N–H and O–H groups in total. The summed E-state index contributed by atoms with van der Waals surface area (Å²) in [6, 6.07) is 22.4. The van der Waals surface area contributed by atoms with E-state index in [1.54, 1.807) is 35.8 Å². The summed E-state index contributed by atoms with van der Waals surface area (Å²) in [5, 5.41) is 13.3. The molecule has 2 aliphatic rings. The molecule has 1 saturated heterocycles. The average molecular weight is 559 g/mol. The molecule has 0 saturated carbocycles. The number of nitrogens with one attached hydrogen (secondary N) is 2. The van der Waals surface area contributed by atoms with Crippen LogP contribution in [0.2, 0.25) is 0 Å². The molecule has 1 fully saturated rings. The molecule has 200 valence electrons. The number of fused-ring (bicyclic) bond motifs is 2. The Labute approximate surface area is 236 Å². The van der Waals surface area contributed by atoms with Crippen LogP contribution < -0.4 is 15.8 Å². The van der Waals surface area contributed by atoms with E-state index in [1.807, 2.05) is 31.2 Å². The number of aromatic nitrogens is 2. The highest BCUT2D eigenvalue weighted by Crippen LogP contribution is 2.52. The molecule has 2 aromatic carbocycles. The molecule has 4 aromatic rings. The summed E-state index contributed by atoms with van der Waals surface area (Å²) in [7, 11) is 0. The first-order chi connectivity index (χ1) is 19.1. The molecular formula is C30H30N4O3S2. The molecule has 6 rings (SSSR count). The number of rotatable bonds is 7. The Kier molecular flexibility index (Phi) is 7.65. The fraction of sp³-hybridized carbons (Fsp3) is 0.267. The Bertz CT molecular complexity index is 1540. The van der Waals surface area contributed by atoms with E-state index in [1.165, 1.54) is 25.1 Å². The quantitative estimate of drug-likeness (QED) is 0.231. The van der Waals surface area contributed by atoms with Crippen molar-refractivity contribution in [2.75, 3.05) is 36.5 Å². The molecule has 2 aromatic heterocycles. The summed E-state index contributed by atoms with van der Waals surface area (Å²) in [5.41, 5.74) is 4.91. The summed E-state index contributed by atoms with van der Waals surface area (Å²) >= 11 is 3.56. The van der Waals surface area contributed by atoms with Crippen LogP contribution in [0.15, 0.2) is 97.3 Å². The summed E-state index contributed by atoms with van der Waals surface area (Å²) < 4.78 is 6.25. The number of nitrogens with zero attached hydrogens (tertiary/aromatic N) is 2. The van der Waals surface area contributed by atoms with Gasteiger partial charge in [-0.3, -0.25) is 9.78 Å². The summed E-state index contributed by atoms with van der Waals surface area (Å²) in [5.74, 6) is 0. The normalized spacial score (nSPS) is 17.3. The van der Waals surface area contributed by atoms with Crippen molar-refractivity contribution < 1.29 is 9.84 Å². The average Bonchev–Trinajstić information content (AvgIpc) is 2.95. The van der Waals surface area contributed by atoms with Crippen molar-refractivity contribution in [1.29, 1.82) is 0 Å². The second-order valence-corrected chi connectivity index (χ2v) is 11.8. The molecule has 0 spiro atoms. The van der Waals surface area contributed by atoms with Crippen LogP contribution in [0.25, 0.3) is 0 Å². The van der Waals surface area contributed by atoms with Gasteiger partial charge in [-0.25, -0.2) is 0 Å². The first-order valence-corrected chi connectivity index (χ1v) is 14.7. The number of aryl methyl sites for hydroxylation is 1. The van der Waals surface area contributed by atoms with E-state index < -0.39 is 0 Å². The molecule has 0 aliphatic carbocycles. The third-order valence-corrected chi connectivity index (χ3v) is 9.56. The first-order valence-electron chi connectivity index (χ1n) is 13.1.